The van der Waals surface area contributed by atoms with Gasteiger partial charge < -0.3 is 19.3 Å². The van der Waals surface area contributed by atoms with Crippen molar-refractivity contribution in [3.8, 4) is 17.2 Å². The van der Waals surface area contributed by atoms with Crippen LogP contribution in [0.15, 0.2) is 28.8 Å². The maximum Gasteiger partial charge on any atom is 0.295 e. The molecule has 116 valence electrons. The number of carbonyl (C=O) groups excluding carboxylic acids is 1. The number of benzene rings is 1. The number of aliphatic hydroxyl groups excluding tert-OH is 1. The van der Waals surface area contributed by atoms with E-state index < -0.39 is 6.10 Å². The standard InChI is InChI=1S/C15H17N3O4/c1-21-12-6-2-4-10(8-12)14-16-13(17-22-14)15(20)18-7-3-5-11(19)9-18/h2,4,6,8,11,19H,3,5,7,9H2,1H3. The first-order chi connectivity index (χ1) is 10.7. The van der Waals surface area contributed by atoms with Crippen molar-refractivity contribution >= 4 is 5.91 Å². The number of piperidine rings is 1. The molecule has 2 aromatic rings. The van der Waals surface area contributed by atoms with E-state index in [1.807, 2.05) is 0 Å². The third-order valence-corrected chi connectivity index (χ3v) is 3.62. The summed E-state index contributed by atoms with van der Waals surface area (Å²) in [6.07, 6.45) is 1.00. The summed E-state index contributed by atoms with van der Waals surface area (Å²) in [5.41, 5.74) is 0.685. The second-order valence-corrected chi connectivity index (χ2v) is 5.20. The topological polar surface area (TPSA) is 88.7 Å². The van der Waals surface area contributed by atoms with Crippen LogP contribution in [0.5, 0.6) is 5.75 Å². The highest BCUT2D eigenvalue weighted by Crippen LogP contribution is 2.22. The number of aromatic nitrogens is 2. The zero-order chi connectivity index (χ0) is 15.5. The number of amides is 1. The van der Waals surface area contributed by atoms with E-state index in [9.17, 15) is 9.90 Å². The first-order valence-electron chi connectivity index (χ1n) is 7.13. The van der Waals surface area contributed by atoms with E-state index in [0.717, 1.165) is 6.42 Å². The molecule has 3 rings (SSSR count). The molecule has 1 atom stereocenters. The van der Waals surface area contributed by atoms with Crippen molar-refractivity contribution in [2.75, 3.05) is 20.2 Å². The lowest BCUT2D eigenvalue weighted by atomic mass is 10.1. The molecule has 7 heteroatoms. The summed E-state index contributed by atoms with van der Waals surface area (Å²) in [6, 6.07) is 7.17. The Morgan fingerprint density at radius 1 is 1.50 bits per heavy atom. The van der Waals surface area contributed by atoms with E-state index in [4.69, 9.17) is 9.26 Å². The van der Waals surface area contributed by atoms with Crippen molar-refractivity contribution in [3.63, 3.8) is 0 Å². The minimum absolute atomic E-state index is 0.00641. The highest BCUT2D eigenvalue weighted by molar-refractivity contribution is 5.90. The second-order valence-electron chi connectivity index (χ2n) is 5.20. The molecule has 1 unspecified atom stereocenters. The van der Waals surface area contributed by atoms with Gasteiger partial charge in [0.2, 0.25) is 0 Å². The van der Waals surface area contributed by atoms with Gasteiger partial charge in [-0.05, 0) is 31.0 Å². The molecular weight excluding hydrogens is 286 g/mol. The predicted octanol–water partition coefficient (Wildman–Crippen LogP) is 1.34. The SMILES string of the molecule is COc1cccc(-c2nc(C(=O)N3CCCC(O)C3)no2)c1. The van der Waals surface area contributed by atoms with Gasteiger partial charge in [0, 0.05) is 18.7 Å². The third kappa shape index (κ3) is 2.94. The number of likely N-dealkylation sites (tertiary alicyclic amines) is 1. The fourth-order valence-corrected chi connectivity index (χ4v) is 2.46. The largest absolute Gasteiger partial charge is 0.497 e. The lowest BCUT2D eigenvalue weighted by molar-refractivity contribution is 0.0461. The maximum atomic E-state index is 12.3. The molecule has 1 saturated heterocycles. The van der Waals surface area contributed by atoms with Crippen molar-refractivity contribution in [2.24, 2.45) is 0 Å². The Hall–Kier alpha value is -2.41. The Balaban J connectivity index is 1.79. The van der Waals surface area contributed by atoms with E-state index in [0.29, 0.717) is 30.8 Å². The summed E-state index contributed by atoms with van der Waals surface area (Å²) in [6.45, 7) is 0.904. The summed E-state index contributed by atoms with van der Waals surface area (Å²) >= 11 is 0. The molecule has 1 aliphatic rings. The van der Waals surface area contributed by atoms with Crippen LogP contribution in [0.3, 0.4) is 0 Å². The molecule has 1 N–H and O–H groups in total. The van der Waals surface area contributed by atoms with Gasteiger partial charge in [-0.1, -0.05) is 11.2 Å². The summed E-state index contributed by atoms with van der Waals surface area (Å²) in [4.78, 5) is 18.0. The number of nitrogens with zero attached hydrogens (tertiary/aromatic N) is 3. The molecule has 1 aromatic carbocycles. The predicted molar refractivity (Wildman–Crippen MR) is 77.4 cm³/mol. The van der Waals surface area contributed by atoms with E-state index in [1.54, 1.807) is 36.3 Å². The molecule has 22 heavy (non-hydrogen) atoms. The van der Waals surface area contributed by atoms with Crippen molar-refractivity contribution in [1.82, 2.24) is 15.0 Å². The number of rotatable bonds is 3. The van der Waals surface area contributed by atoms with Crippen LogP contribution in [0.2, 0.25) is 0 Å². The van der Waals surface area contributed by atoms with Gasteiger partial charge in [-0.25, -0.2) is 0 Å². The highest BCUT2D eigenvalue weighted by Gasteiger charge is 2.26. The number of carbonyl (C=O) groups is 1. The number of β-amino-alcohol motifs (C(OH)–C–C–N with tert-alkyl or cyclic N) is 1. The number of hydrogen-bond acceptors (Lipinski definition) is 6. The van der Waals surface area contributed by atoms with Crippen molar-refractivity contribution in [2.45, 2.75) is 18.9 Å². The molecule has 0 spiro atoms. The zero-order valence-electron chi connectivity index (χ0n) is 12.2. The van der Waals surface area contributed by atoms with E-state index in [1.165, 1.54) is 0 Å². The van der Waals surface area contributed by atoms with Gasteiger partial charge >= 0.3 is 0 Å². The zero-order valence-corrected chi connectivity index (χ0v) is 12.2. The lowest BCUT2D eigenvalue weighted by Gasteiger charge is -2.28. The van der Waals surface area contributed by atoms with Gasteiger partial charge in [0.1, 0.15) is 5.75 Å². The molecule has 1 aliphatic heterocycles. The van der Waals surface area contributed by atoms with E-state index in [-0.39, 0.29) is 17.6 Å². The van der Waals surface area contributed by atoms with Crippen LogP contribution in [0.25, 0.3) is 11.5 Å². The van der Waals surface area contributed by atoms with Gasteiger partial charge in [-0.3, -0.25) is 4.79 Å². The summed E-state index contributed by atoms with van der Waals surface area (Å²) in [5.74, 6) is 0.617. The van der Waals surface area contributed by atoms with Crippen LogP contribution in [0.1, 0.15) is 23.5 Å². The quantitative estimate of drug-likeness (QED) is 0.920. The molecule has 0 bridgehead atoms. The van der Waals surface area contributed by atoms with Gasteiger partial charge in [-0.2, -0.15) is 4.98 Å². The summed E-state index contributed by atoms with van der Waals surface area (Å²) < 4.78 is 10.3. The van der Waals surface area contributed by atoms with Crippen molar-refractivity contribution in [3.05, 3.63) is 30.1 Å². The van der Waals surface area contributed by atoms with Crippen molar-refractivity contribution < 1.29 is 19.2 Å². The molecule has 1 aromatic heterocycles. The normalized spacial score (nSPS) is 18.3. The summed E-state index contributed by atoms with van der Waals surface area (Å²) in [7, 11) is 1.57. The Kier molecular flexibility index (Phi) is 4.06. The van der Waals surface area contributed by atoms with Gasteiger partial charge in [-0.15, -0.1) is 0 Å². The Labute approximate surface area is 127 Å². The second kappa shape index (κ2) is 6.15. The minimum atomic E-state index is -0.484. The molecule has 7 nitrogen and oxygen atoms in total. The number of aliphatic hydroxyl groups is 1. The monoisotopic (exact) mass is 303 g/mol. The van der Waals surface area contributed by atoms with E-state index in [2.05, 4.69) is 10.1 Å². The molecule has 1 fully saturated rings. The van der Waals surface area contributed by atoms with Crippen LogP contribution in [0, 0.1) is 0 Å². The first-order valence-corrected chi connectivity index (χ1v) is 7.13. The Bertz CT molecular complexity index is 670. The Morgan fingerprint density at radius 3 is 3.14 bits per heavy atom. The van der Waals surface area contributed by atoms with Crippen LogP contribution in [-0.4, -0.2) is 52.4 Å². The first kappa shape index (κ1) is 14.5. The van der Waals surface area contributed by atoms with Crippen LogP contribution in [0.4, 0.5) is 0 Å². The summed E-state index contributed by atoms with van der Waals surface area (Å²) in [5, 5.41) is 13.4. The molecule has 0 aliphatic carbocycles. The smallest absolute Gasteiger partial charge is 0.295 e. The highest BCUT2D eigenvalue weighted by atomic mass is 16.5. The van der Waals surface area contributed by atoms with Crippen LogP contribution < -0.4 is 4.74 Å². The van der Waals surface area contributed by atoms with E-state index >= 15 is 0 Å². The van der Waals surface area contributed by atoms with Gasteiger partial charge in [0.25, 0.3) is 17.6 Å². The maximum absolute atomic E-state index is 12.3. The van der Waals surface area contributed by atoms with Crippen LogP contribution in [-0.2, 0) is 0 Å². The number of methoxy groups -OCH3 is 1. The average molecular weight is 303 g/mol. The molecular formula is C15H17N3O4. The average Bonchev–Trinajstić information content (AvgIpc) is 3.04. The van der Waals surface area contributed by atoms with Gasteiger partial charge in [0.05, 0.1) is 13.2 Å². The van der Waals surface area contributed by atoms with Crippen LogP contribution >= 0.6 is 0 Å². The fraction of sp³-hybridized carbons (Fsp3) is 0.400. The number of hydrogen-bond donors (Lipinski definition) is 1. The molecule has 1 amide bonds. The fourth-order valence-electron chi connectivity index (χ4n) is 2.46. The molecule has 0 radical (unpaired) electrons. The molecule has 2 heterocycles. The number of ether oxygens (including phenoxy) is 1. The van der Waals surface area contributed by atoms with Crippen molar-refractivity contribution in [1.29, 1.82) is 0 Å². The third-order valence-electron chi connectivity index (χ3n) is 3.62. The lowest BCUT2D eigenvalue weighted by Crippen LogP contribution is -2.42. The van der Waals surface area contributed by atoms with Gasteiger partial charge in [0.15, 0.2) is 0 Å². The minimum Gasteiger partial charge on any atom is -0.497 e. The molecule has 0 saturated carbocycles. The Morgan fingerprint density at radius 2 is 2.36 bits per heavy atom.